The first-order valence-electron chi connectivity index (χ1n) is 8.15. The van der Waals surface area contributed by atoms with Crippen LogP contribution in [0.15, 0.2) is 36.4 Å². The minimum absolute atomic E-state index is 0.00627. The lowest BCUT2D eigenvalue weighted by atomic mass is 10.0. The fourth-order valence-corrected chi connectivity index (χ4v) is 3.00. The molecule has 1 saturated heterocycles. The smallest absolute Gasteiger partial charge is 0.256 e. The number of rotatable bonds is 3. The largest absolute Gasteiger partial charge is 0.497 e. The molecule has 3 rings (SSSR count). The first-order valence-corrected chi connectivity index (χ1v) is 8.15. The summed E-state index contributed by atoms with van der Waals surface area (Å²) in [5.41, 5.74) is 0.643. The Hall–Kier alpha value is -2.47. The Labute approximate surface area is 145 Å². The summed E-state index contributed by atoms with van der Waals surface area (Å²) in [4.78, 5) is 14.2. The molecule has 1 fully saturated rings. The van der Waals surface area contributed by atoms with E-state index >= 15 is 0 Å². The summed E-state index contributed by atoms with van der Waals surface area (Å²) in [6, 6.07) is 8.74. The van der Waals surface area contributed by atoms with Gasteiger partial charge in [0, 0.05) is 37.3 Å². The van der Waals surface area contributed by atoms with Gasteiger partial charge in [0.25, 0.3) is 5.91 Å². The second-order valence-corrected chi connectivity index (χ2v) is 6.15. The van der Waals surface area contributed by atoms with Gasteiger partial charge in [0.1, 0.15) is 17.4 Å². The number of nitrogens with zero attached hydrogens (tertiary/aromatic N) is 1. The maximum atomic E-state index is 14.5. The Kier molecular flexibility index (Phi) is 4.99. The van der Waals surface area contributed by atoms with Gasteiger partial charge in [-0.25, -0.2) is 8.78 Å². The highest BCUT2D eigenvalue weighted by Crippen LogP contribution is 2.28. The highest BCUT2D eigenvalue weighted by molar-refractivity contribution is 5.95. The van der Waals surface area contributed by atoms with Gasteiger partial charge >= 0.3 is 0 Å². The summed E-state index contributed by atoms with van der Waals surface area (Å²) >= 11 is 0. The van der Waals surface area contributed by atoms with Gasteiger partial charge in [-0.15, -0.1) is 0 Å². The van der Waals surface area contributed by atoms with Crippen molar-refractivity contribution < 1.29 is 18.3 Å². The van der Waals surface area contributed by atoms with Gasteiger partial charge in [-0.1, -0.05) is 6.07 Å². The minimum Gasteiger partial charge on any atom is -0.497 e. The molecule has 2 aromatic carbocycles. The molecule has 132 valence electrons. The monoisotopic (exact) mass is 346 g/mol. The van der Waals surface area contributed by atoms with Gasteiger partial charge in [0.05, 0.1) is 12.7 Å². The SMILES string of the molecule is COc1ccc(-c2ccc(C(=O)N3CCNC(C)C3)c(F)c2)c(F)c1. The Bertz CT molecular complexity index is 795. The quantitative estimate of drug-likeness (QED) is 0.929. The average molecular weight is 346 g/mol. The Morgan fingerprint density at radius 3 is 2.64 bits per heavy atom. The fraction of sp³-hybridized carbons (Fsp3) is 0.316. The van der Waals surface area contributed by atoms with Crippen LogP contribution in [0.1, 0.15) is 17.3 Å². The third-order valence-corrected chi connectivity index (χ3v) is 4.34. The average Bonchev–Trinajstić information content (AvgIpc) is 2.61. The Balaban J connectivity index is 1.87. The topological polar surface area (TPSA) is 41.6 Å². The van der Waals surface area contributed by atoms with Gasteiger partial charge in [0.2, 0.25) is 0 Å². The molecule has 0 radical (unpaired) electrons. The number of carbonyl (C=O) groups excluding carboxylic acids is 1. The van der Waals surface area contributed by atoms with E-state index in [2.05, 4.69) is 5.32 Å². The molecular formula is C19H20F2N2O2. The predicted octanol–water partition coefficient (Wildman–Crippen LogP) is 3.07. The lowest BCUT2D eigenvalue weighted by molar-refractivity contribution is 0.0704. The summed E-state index contributed by atoms with van der Waals surface area (Å²) in [5.74, 6) is -1.10. The van der Waals surface area contributed by atoms with Crippen LogP contribution in [0.25, 0.3) is 11.1 Å². The van der Waals surface area contributed by atoms with Crippen LogP contribution in [-0.4, -0.2) is 43.6 Å². The zero-order valence-corrected chi connectivity index (χ0v) is 14.2. The summed E-state index contributed by atoms with van der Waals surface area (Å²) in [7, 11) is 1.45. The fourth-order valence-electron chi connectivity index (χ4n) is 3.00. The van der Waals surface area contributed by atoms with E-state index < -0.39 is 11.6 Å². The number of piperazine rings is 1. The van der Waals surface area contributed by atoms with E-state index in [-0.39, 0.29) is 23.1 Å². The maximum absolute atomic E-state index is 14.5. The zero-order valence-electron chi connectivity index (χ0n) is 14.2. The van der Waals surface area contributed by atoms with Crippen LogP contribution in [0.5, 0.6) is 5.75 Å². The lowest BCUT2D eigenvalue weighted by Gasteiger charge is -2.32. The highest BCUT2D eigenvalue weighted by atomic mass is 19.1. The number of amides is 1. The van der Waals surface area contributed by atoms with Gasteiger partial charge in [-0.3, -0.25) is 4.79 Å². The Morgan fingerprint density at radius 2 is 2.00 bits per heavy atom. The van der Waals surface area contributed by atoms with Crippen molar-refractivity contribution in [2.75, 3.05) is 26.7 Å². The van der Waals surface area contributed by atoms with Crippen LogP contribution in [0.2, 0.25) is 0 Å². The number of halogens is 2. The summed E-state index contributed by atoms with van der Waals surface area (Å²) in [6.07, 6.45) is 0. The van der Waals surface area contributed by atoms with E-state index in [4.69, 9.17) is 4.74 Å². The minimum atomic E-state index is -0.649. The molecule has 1 aliphatic heterocycles. The van der Waals surface area contributed by atoms with E-state index in [0.29, 0.717) is 30.9 Å². The van der Waals surface area contributed by atoms with Crippen molar-refractivity contribution in [2.24, 2.45) is 0 Å². The van der Waals surface area contributed by atoms with E-state index in [1.807, 2.05) is 6.92 Å². The van der Waals surface area contributed by atoms with E-state index in [0.717, 1.165) is 0 Å². The number of hydrogen-bond donors (Lipinski definition) is 1. The third-order valence-electron chi connectivity index (χ3n) is 4.34. The molecule has 6 heteroatoms. The van der Waals surface area contributed by atoms with Gasteiger partial charge in [-0.05, 0) is 36.8 Å². The number of methoxy groups -OCH3 is 1. The van der Waals surface area contributed by atoms with Crippen LogP contribution < -0.4 is 10.1 Å². The molecule has 0 bridgehead atoms. The summed E-state index contributed by atoms with van der Waals surface area (Å²) in [5, 5.41) is 3.24. The molecule has 0 aliphatic carbocycles. The summed E-state index contributed by atoms with van der Waals surface area (Å²) in [6.45, 7) is 3.74. The van der Waals surface area contributed by atoms with E-state index in [1.54, 1.807) is 17.0 Å². The molecule has 1 unspecified atom stereocenters. The summed E-state index contributed by atoms with van der Waals surface area (Å²) < 4.78 is 33.6. The molecule has 0 saturated carbocycles. The molecular weight excluding hydrogens is 326 g/mol. The molecule has 1 heterocycles. The molecule has 4 nitrogen and oxygen atoms in total. The molecule has 1 aliphatic rings. The standard InChI is InChI=1S/C19H20F2N2O2/c1-12-11-23(8-7-22-12)19(24)16-5-3-13(9-17(16)20)15-6-4-14(25-2)10-18(15)21/h3-6,9-10,12,22H,7-8,11H2,1-2H3. The number of ether oxygens (including phenoxy) is 1. The molecule has 0 aromatic heterocycles. The number of benzene rings is 2. The Morgan fingerprint density at radius 1 is 1.20 bits per heavy atom. The van der Waals surface area contributed by atoms with Crippen molar-refractivity contribution in [1.82, 2.24) is 10.2 Å². The third kappa shape index (κ3) is 3.64. The lowest BCUT2D eigenvalue weighted by Crippen LogP contribution is -2.51. The van der Waals surface area contributed by atoms with E-state index in [1.165, 1.54) is 31.4 Å². The van der Waals surface area contributed by atoms with Crippen molar-refractivity contribution >= 4 is 5.91 Å². The van der Waals surface area contributed by atoms with Crippen molar-refractivity contribution in [1.29, 1.82) is 0 Å². The molecule has 1 N–H and O–H groups in total. The molecule has 2 aromatic rings. The van der Waals surface area contributed by atoms with Gasteiger partial charge < -0.3 is 15.0 Å². The first-order chi connectivity index (χ1) is 12.0. The number of carbonyl (C=O) groups is 1. The van der Waals surface area contributed by atoms with Gasteiger partial charge in [0.15, 0.2) is 0 Å². The predicted molar refractivity (Wildman–Crippen MR) is 91.7 cm³/mol. The number of nitrogens with one attached hydrogen (secondary N) is 1. The van der Waals surface area contributed by atoms with Gasteiger partial charge in [-0.2, -0.15) is 0 Å². The molecule has 25 heavy (non-hydrogen) atoms. The van der Waals surface area contributed by atoms with Crippen molar-refractivity contribution in [3.63, 3.8) is 0 Å². The maximum Gasteiger partial charge on any atom is 0.256 e. The first kappa shape index (κ1) is 17.4. The van der Waals surface area contributed by atoms with Crippen LogP contribution in [0.3, 0.4) is 0 Å². The molecule has 0 spiro atoms. The van der Waals surface area contributed by atoms with Crippen molar-refractivity contribution in [3.8, 4) is 16.9 Å². The zero-order chi connectivity index (χ0) is 18.0. The van der Waals surface area contributed by atoms with Crippen LogP contribution in [-0.2, 0) is 0 Å². The second-order valence-electron chi connectivity index (χ2n) is 6.15. The van der Waals surface area contributed by atoms with Crippen LogP contribution in [0.4, 0.5) is 8.78 Å². The van der Waals surface area contributed by atoms with E-state index in [9.17, 15) is 13.6 Å². The van der Waals surface area contributed by atoms with Crippen molar-refractivity contribution in [2.45, 2.75) is 13.0 Å². The van der Waals surface area contributed by atoms with Crippen LogP contribution >= 0.6 is 0 Å². The normalized spacial score (nSPS) is 17.4. The molecule has 1 atom stereocenters. The number of hydrogen-bond acceptors (Lipinski definition) is 3. The van der Waals surface area contributed by atoms with Crippen LogP contribution in [0, 0.1) is 11.6 Å². The highest BCUT2D eigenvalue weighted by Gasteiger charge is 2.24. The second kappa shape index (κ2) is 7.19. The van der Waals surface area contributed by atoms with Crippen molar-refractivity contribution in [3.05, 3.63) is 53.6 Å². The molecule has 1 amide bonds.